The summed E-state index contributed by atoms with van der Waals surface area (Å²) in [7, 11) is 0. The lowest BCUT2D eigenvalue weighted by atomic mass is 9.51. The van der Waals surface area contributed by atoms with Gasteiger partial charge in [0.2, 0.25) is 0 Å². The summed E-state index contributed by atoms with van der Waals surface area (Å²) in [6, 6.07) is 6.18. The van der Waals surface area contributed by atoms with E-state index in [1.165, 1.54) is 12.0 Å². The molecule has 0 bridgehead atoms. The number of amides is 2. The summed E-state index contributed by atoms with van der Waals surface area (Å²) in [6.45, 7) is 5.35. The molecule has 5 heteroatoms. The Hall–Kier alpha value is -1.75. The van der Waals surface area contributed by atoms with Crippen molar-refractivity contribution in [1.82, 2.24) is 10.6 Å². The molecule has 3 atom stereocenters. The fourth-order valence-corrected chi connectivity index (χ4v) is 4.45. The predicted molar refractivity (Wildman–Crippen MR) is 91.2 cm³/mol. The van der Waals surface area contributed by atoms with Crippen LogP contribution < -0.4 is 15.4 Å². The summed E-state index contributed by atoms with van der Waals surface area (Å²) in [5.41, 5.74) is 2.44. The van der Waals surface area contributed by atoms with Crippen LogP contribution >= 0.6 is 0 Å². The molecule has 2 amide bonds. The standard InChI is InChI=1S/C19H26N2O3/c1-3-23-17-10-16(19(17)7-4-8-19)21-18(22)20-14-11-24-15-6-5-12(2)9-13(14)15/h5-6,9,14,16-17H,3-4,7-8,10-11H2,1-2H3,(H2,20,21,22)/t14-,16-,17-/m1/s1. The highest BCUT2D eigenvalue weighted by Gasteiger charge is 2.59. The highest BCUT2D eigenvalue weighted by molar-refractivity contribution is 5.75. The van der Waals surface area contributed by atoms with Crippen LogP contribution in [0.15, 0.2) is 18.2 Å². The van der Waals surface area contributed by atoms with Crippen LogP contribution in [-0.2, 0) is 4.74 Å². The van der Waals surface area contributed by atoms with E-state index in [4.69, 9.17) is 9.47 Å². The zero-order valence-corrected chi connectivity index (χ0v) is 14.4. The number of hydrogen-bond donors (Lipinski definition) is 2. The van der Waals surface area contributed by atoms with Gasteiger partial charge in [-0.25, -0.2) is 4.79 Å². The Balaban J connectivity index is 1.36. The van der Waals surface area contributed by atoms with Crippen molar-refractivity contribution < 1.29 is 14.3 Å². The van der Waals surface area contributed by atoms with E-state index in [0.717, 1.165) is 37.2 Å². The van der Waals surface area contributed by atoms with Crippen molar-refractivity contribution in [3.8, 4) is 5.75 Å². The normalized spacial score (nSPS) is 29.2. The van der Waals surface area contributed by atoms with E-state index in [1.807, 2.05) is 19.1 Å². The Morgan fingerprint density at radius 1 is 1.38 bits per heavy atom. The SMILES string of the molecule is CCO[C@@H]1C[C@@H](NC(=O)N[C@@H]2COc3ccc(C)cc32)C12CCC2. The molecule has 0 aromatic heterocycles. The van der Waals surface area contributed by atoms with E-state index in [0.29, 0.717) is 12.7 Å². The van der Waals surface area contributed by atoms with E-state index in [1.54, 1.807) is 0 Å². The molecule has 1 aromatic carbocycles. The van der Waals surface area contributed by atoms with E-state index in [2.05, 4.69) is 23.6 Å². The van der Waals surface area contributed by atoms with Gasteiger partial charge in [0.25, 0.3) is 0 Å². The maximum Gasteiger partial charge on any atom is 0.315 e. The molecule has 5 nitrogen and oxygen atoms in total. The van der Waals surface area contributed by atoms with Crippen LogP contribution in [0.1, 0.15) is 49.8 Å². The fraction of sp³-hybridized carbons (Fsp3) is 0.632. The highest BCUT2D eigenvalue weighted by atomic mass is 16.5. The van der Waals surface area contributed by atoms with Crippen LogP contribution in [0.2, 0.25) is 0 Å². The molecule has 0 radical (unpaired) electrons. The molecule has 3 aliphatic rings. The van der Waals surface area contributed by atoms with Crippen molar-refractivity contribution in [1.29, 1.82) is 0 Å². The first-order chi connectivity index (χ1) is 11.6. The molecule has 1 aliphatic heterocycles. The number of ether oxygens (including phenoxy) is 2. The maximum absolute atomic E-state index is 12.5. The number of aryl methyl sites for hydroxylation is 1. The first-order valence-corrected chi connectivity index (χ1v) is 9.04. The first kappa shape index (κ1) is 15.8. The van der Waals surface area contributed by atoms with E-state index in [-0.39, 0.29) is 23.5 Å². The van der Waals surface area contributed by atoms with Gasteiger partial charge in [-0.2, -0.15) is 0 Å². The number of rotatable bonds is 4. The molecule has 2 aliphatic carbocycles. The average molecular weight is 330 g/mol. The fourth-order valence-electron chi connectivity index (χ4n) is 4.45. The van der Waals surface area contributed by atoms with Crippen LogP contribution in [0, 0.1) is 12.3 Å². The maximum atomic E-state index is 12.5. The smallest absolute Gasteiger partial charge is 0.315 e. The van der Waals surface area contributed by atoms with Crippen LogP contribution in [0.4, 0.5) is 4.79 Å². The average Bonchev–Trinajstić information content (AvgIpc) is 2.86. The van der Waals surface area contributed by atoms with Gasteiger partial charge in [-0.3, -0.25) is 0 Å². The van der Waals surface area contributed by atoms with E-state index < -0.39 is 0 Å². The van der Waals surface area contributed by atoms with Gasteiger partial charge in [0.1, 0.15) is 12.4 Å². The molecule has 1 spiro atoms. The topological polar surface area (TPSA) is 59.6 Å². The van der Waals surface area contributed by atoms with Crippen molar-refractivity contribution in [3.63, 3.8) is 0 Å². The minimum atomic E-state index is -0.0934. The number of carbonyl (C=O) groups excluding carboxylic acids is 1. The number of urea groups is 1. The molecule has 1 heterocycles. The van der Waals surface area contributed by atoms with Gasteiger partial charge in [-0.1, -0.05) is 24.1 Å². The molecule has 2 fully saturated rings. The van der Waals surface area contributed by atoms with Crippen molar-refractivity contribution in [2.45, 2.75) is 57.7 Å². The minimum Gasteiger partial charge on any atom is -0.491 e. The van der Waals surface area contributed by atoms with Gasteiger partial charge in [-0.15, -0.1) is 0 Å². The number of carbonyl (C=O) groups is 1. The third kappa shape index (κ3) is 2.46. The van der Waals surface area contributed by atoms with Gasteiger partial charge in [-0.05, 0) is 39.2 Å². The summed E-state index contributed by atoms with van der Waals surface area (Å²) < 4.78 is 11.5. The second-order valence-electron chi connectivity index (χ2n) is 7.34. The van der Waals surface area contributed by atoms with Gasteiger partial charge < -0.3 is 20.1 Å². The lowest BCUT2D eigenvalue weighted by molar-refractivity contribution is -0.169. The van der Waals surface area contributed by atoms with E-state index >= 15 is 0 Å². The van der Waals surface area contributed by atoms with Gasteiger partial charge in [0, 0.05) is 23.6 Å². The summed E-state index contributed by atoms with van der Waals surface area (Å²) in [4.78, 5) is 12.5. The van der Waals surface area contributed by atoms with Gasteiger partial charge in [0.05, 0.1) is 12.1 Å². The minimum absolute atomic E-state index is 0.0694. The number of nitrogens with one attached hydrogen (secondary N) is 2. The summed E-state index contributed by atoms with van der Waals surface area (Å²) in [6.07, 6.45) is 4.82. The number of benzene rings is 1. The van der Waals surface area contributed by atoms with Crippen LogP contribution in [0.25, 0.3) is 0 Å². The van der Waals surface area contributed by atoms with Crippen LogP contribution in [0.3, 0.4) is 0 Å². The molecule has 0 saturated heterocycles. The van der Waals surface area contributed by atoms with Crippen LogP contribution in [0.5, 0.6) is 5.75 Å². The molecule has 130 valence electrons. The Morgan fingerprint density at radius 3 is 2.92 bits per heavy atom. The zero-order chi connectivity index (χ0) is 16.7. The molecule has 2 N–H and O–H groups in total. The number of hydrogen-bond acceptors (Lipinski definition) is 3. The zero-order valence-electron chi connectivity index (χ0n) is 14.4. The number of fused-ring (bicyclic) bond motifs is 1. The molecular formula is C19H26N2O3. The van der Waals surface area contributed by atoms with Crippen molar-refractivity contribution in [2.75, 3.05) is 13.2 Å². The summed E-state index contributed by atoms with van der Waals surface area (Å²) in [5.74, 6) is 0.876. The van der Waals surface area contributed by atoms with Gasteiger partial charge in [0.15, 0.2) is 0 Å². The molecule has 2 saturated carbocycles. The second kappa shape index (κ2) is 5.96. The quantitative estimate of drug-likeness (QED) is 0.892. The molecule has 1 aromatic rings. The Bertz CT molecular complexity index is 641. The molecular weight excluding hydrogens is 304 g/mol. The summed E-state index contributed by atoms with van der Waals surface area (Å²) in [5, 5.41) is 6.26. The second-order valence-corrected chi connectivity index (χ2v) is 7.34. The Labute approximate surface area is 143 Å². The van der Waals surface area contributed by atoms with E-state index in [9.17, 15) is 4.79 Å². The third-order valence-corrected chi connectivity index (χ3v) is 5.99. The largest absolute Gasteiger partial charge is 0.491 e. The monoisotopic (exact) mass is 330 g/mol. The Morgan fingerprint density at radius 2 is 2.21 bits per heavy atom. The highest BCUT2D eigenvalue weighted by Crippen LogP contribution is 2.57. The Kier molecular flexibility index (Phi) is 3.91. The molecule has 24 heavy (non-hydrogen) atoms. The molecule has 4 rings (SSSR count). The van der Waals surface area contributed by atoms with Gasteiger partial charge >= 0.3 is 6.03 Å². The third-order valence-electron chi connectivity index (χ3n) is 5.99. The van der Waals surface area contributed by atoms with Crippen LogP contribution in [-0.4, -0.2) is 31.4 Å². The predicted octanol–water partition coefficient (Wildman–Crippen LogP) is 3.08. The van der Waals surface area contributed by atoms with Crippen molar-refractivity contribution in [3.05, 3.63) is 29.3 Å². The van der Waals surface area contributed by atoms with Crippen molar-refractivity contribution in [2.24, 2.45) is 5.41 Å². The molecule has 0 unspecified atom stereocenters. The van der Waals surface area contributed by atoms with Crippen molar-refractivity contribution >= 4 is 6.03 Å². The lowest BCUT2D eigenvalue weighted by Gasteiger charge is -2.60. The lowest BCUT2D eigenvalue weighted by Crippen LogP contribution is -2.68. The summed E-state index contributed by atoms with van der Waals surface area (Å²) >= 11 is 0. The first-order valence-electron chi connectivity index (χ1n) is 9.04.